The first-order valence-electron chi connectivity index (χ1n) is 6.90. The molecule has 0 aromatic carbocycles. The minimum atomic E-state index is -1.59. The lowest BCUT2D eigenvalue weighted by Crippen LogP contribution is -2.39. The van der Waals surface area contributed by atoms with E-state index in [1.54, 1.807) is 0 Å². The van der Waals surface area contributed by atoms with E-state index in [0.29, 0.717) is 5.92 Å². The Morgan fingerprint density at radius 3 is 2.41 bits per heavy atom. The highest BCUT2D eigenvalue weighted by molar-refractivity contribution is 6.71. The van der Waals surface area contributed by atoms with E-state index in [0.717, 1.165) is 6.04 Å². The molecule has 1 fully saturated rings. The third-order valence-corrected chi connectivity index (χ3v) is 5.81. The predicted molar refractivity (Wildman–Crippen MR) is 78.7 cm³/mol. The van der Waals surface area contributed by atoms with E-state index in [-0.39, 0.29) is 6.10 Å². The third kappa shape index (κ3) is 4.80. The number of rotatable bonds is 6. The van der Waals surface area contributed by atoms with Gasteiger partial charge in [0, 0.05) is 0 Å². The Labute approximate surface area is 108 Å². The molecule has 1 saturated carbocycles. The minimum Gasteiger partial charge on any atom is -0.410 e. The van der Waals surface area contributed by atoms with Crippen LogP contribution in [0.15, 0.2) is 24.8 Å². The molecule has 0 N–H and O–H groups in total. The van der Waals surface area contributed by atoms with Crippen LogP contribution in [0, 0.1) is 5.92 Å². The first-order chi connectivity index (χ1) is 7.96. The van der Waals surface area contributed by atoms with Crippen LogP contribution in [0.5, 0.6) is 0 Å². The van der Waals surface area contributed by atoms with E-state index in [4.69, 9.17) is 4.43 Å². The van der Waals surface area contributed by atoms with Crippen LogP contribution < -0.4 is 0 Å². The molecule has 2 heteroatoms. The van der Waals surface area contributed by atoms with Crippen molar-refractivity contribution in [2.75, 3.05) is 0 Å². The maximum Gasteiger partial charge on any atom is 0.191 e. The summed E-state index contributed by atoms with van der Waals surface area (Å²) in [7, 11) is -1.59. The average Bonchev–Trinajstić information content (AvgIpc) is 2.27. The van der Waals surface area contributed by atoms with Crippen molar-refractivity contribution in [2.24, 2.45) is 5.92 Å². The minimum absolute atomic E-state index is 0.289. The van der Waals surface area contributed by atoms with Gasteiger partial charge in [0.25, 0.3) is 0 Å². The Morgan fingerprint density at radius 1 is 1.35 bits per heavy atom. The zero-order chi connectivity index (χ0) is 12.9. The number of allylic oxidation sites excluding steroid dienone is 1. The Hall–Kier alpha value is -0.343. The summed E-state index contributed by atoms with van der Waals surface area (Å²) in [6, 6.07) is 1.03. The highest BCUT2D eigenvalue weighted by Crippen LogP contribution is 2.33. The molecule has 0 unspecified atom stereocenters. The summed E-state index contributed by atoms with van der Waals surface area (Å²) in [5, 5.41) is 0. The van der Waals surface area contributed by atoms with Crippen molar-refractivity contribution in [3.05, 3.63) is 24.8 Å². The lowest BCUT2D eigenvalue weighted by atomic mass is 9.83. The van der Waals surface area contributed by atoms with Crippen LogP contribution in [0.2, 0.25) is 19.1 Å². The fourth-order valence-corrected chi connectivity index (χ4v) is 4.65. The van der Waals surface area contributed by atoms with Crippen LogP contribution >= 0.6 is 0 Å². The van der Waals surface area contributed by atoms with Crippen LogP contribution in [0.1, 0.15) is 39.0 Å². The van der Waals surface area contributed by atoms with Crippen LogP contribution in [-0.2, 0) is 4.43 Å². The molecular formula is C15H28OSi. The molecule has 0 bridgehead atoms. The summed E-state index contributed by atoms with van der Waals surface area (Å²) < 4.78 is 6.45. The van der Waals surface area contributed by atoms with Crippen molar-refractivity contribution in [1.29, 1.82) is 0 Å². The van der Waals surface area contributed by atoms with Gasteiger partial charge in [-0.25, -0.2) is 0 Å². The van der Waals surface area contributed by atoms with Gasteiger partial charge in [0.05, 0.1) is 6.10 Å². The van der Waals surface area contributed by atoms with Crippen LogP contribution in [0.25, 0.3) is 0 Å². The monoisotopic (exact) mass is 252 g/mol. The molecule has 1 aliphatic rings. The average molecular weight is 252 g/mol. The van der Waals surface area contributed by atoms with E-state index < -0.39 is 8.32 Å². The summed E-state index contributed by atoms with van der Waals surface area (Å²) in [5.74, 6) is 0.706. The Balaban J connectivity index is 2.65. The van der Waals surface area contributed by atoms with Crippen molar-refractivity contribution < 1.29 is 4.43 Å². The van der Waals surface area contributed by atoms with Crippen molar-refractivity contribution in [1.82, 2.24) is 0 Å². The van der Waals surface area contributed by atoms with Crippen molar-refractivity contribution in [3.63, 3.8) is 0 Å². The highest BCUT2D eigenvalue weighted by Gasteiger charge is 2.31. The van der Waals surface area contributed by atoms with E-state index in [2.05, 4.69) is 33.2 Å². The second-order valence-corrected chi connectivity index (χ2v) is 10.2. The zero-order valence-electron chi connectivity index (χ0n) is 11.8. The zero-order valence-corrected chi connectivity index (χ0v) is 12.8. The quantitative estimate of drug-likeness (QED) is 0.481. The van der Waals surface area contributed by atoms with Crippen molar-refractivity contribution >= 4 is 8.32 Å². The van der Waals surface area contributed by atoms with Gasteiger partial charge < -0.3 is 4.43 Å². The van der Waals surface area contributed by atoms with Gasteiger partial charge in [0.1, 0.15) is 0 Å². The van der Waals surface area contributed by atoms with Gasteiger partial charge in [-0.15, -0.1) is 6.58 Å². The van der Waals surface area contributed by atoms with Crippen LogP contribution in [-0.4, -0.2) is 14.4 Å². The Morgan fingerprint density at radius 2 is 1.94 bits per heavy atom. The summed E-state index contributed by atoms with van der Waals surface area (Å²) in [5.41, 5.74) is 1.21. The molecule has 1 rings (SSSR count). The van der Waals surface area contributed by atoms with Gasteiger partial charge in [0.15, 0.2) is 8.32 Å². The molecule has 1 atom stereocenters. The standard InChI is InChI=1S/C15H28OSi/c1-6-12-17(4,5)16-15(13(2)3)14-10-8-7-9-11-14/h6,14-15H,1-2,7-12H2,3-5H3/t15-/m0/s1. The summed E-state index contributed by atoms with van der Waals surface area (Å²) in [4.78, 5) is 0. The second kappa shape index (κ2) is 6.55. The third-order valence-electron chi connectivity index (χ3n) is 3.65. The first kappa shape index (κ1) is 14.7. The molecule has 0 saturated heterocycles. The van der Waals surface area contributed by atoms with Crippen molar-refractivity contribution in [2.45, 2.75) is 64.3 Å². The lowest BCUT2D eigenvalue weighted by molar-refractivity contribution is 0.130. The molecule has 17 heavy (non-hydrogen) atoms. The van der Waals surface area contributed by atoms with Crippen LogP contribution in [0.3, 0.4) is 0 Å². The fourth-order valence-electron chi connectivity index (χ4n) is 2.78. The van der Waals surface area contributed by atoms with Gasteiger partial charge in [-0.3, -0.25) is 0 Å². The molecule has 0 radical (unpaired) electrons. The first-order valence-corrected chi connectivity index (χ1v) is 10.0. The van der Waals surface area contributed by atoms with E-state index in [1.807, 2.05) is 6.08 Å². The predicted octanol–water partition coefficient (Wildman–Crippen LogP) is 4.92. The Kier molecular flexibility index (Phi) is 5.67. The topological polar surface area (TPSA) is 9.23 Å². The smallest absolute Gasteiger partial charge is 0.191 e. The van der Waals surface area contributed by atoms with Crippen LogP contribution in [0.4, 0.5) is 0 Å². The molecule has 0 spiro atoms. The largest absolute Gasteiger partial charge is 0.410 e. The van der Waals surface area contributed by atoms with Gasteiger partial charge in [-0.05, 0) is 44.8 Å². The molecule has 98 valence electrons. The molecule has 0 aliphatic heterocycles. The van der Waals surface area contributed by atoms with Gasteiger partial charge in [0.2, 0.25) is 0 Å². The molecule has 0 amide bonds. The van der Waals surface area contributed by atoms with Gasteiger partial charge >= 0.3 is 0 Å². The maximum atomic E-state index is 6.45. The maximum absolute atomic E-state index is 6.45. The Bertz CT molecular complexity index is 264. The van der Waals surface area contributed by atoms with E-state index in [9.17, 15) is 0 Å². The molecular weight excluding hydrogens is 224 g/mol. The summed E-state index contributed by atoms with van der Waals surface area (Å²) >= 11 is 0. The van der Waals surface area contributed by atoms with E-state index >= 15 is 0 Å². The lowest BCUT2D eigenvalue weighted by Gasteiger charge is -2.36. The molecule has 1 nitrogen and oxygen atoms in total. The van der Waals surface area contributed by atoms with Gasteiger partial charge in [-0.2, -0.15) is 0 Å². The summed E-state index contributed by atoms with van der Waals surface area (Å²) in [6.07, 6.45) is 9.04. The molecule has 0 heterocycles. The van der Waals surface area contributed by atoms with Crippen molar-refractivity contribution in [3.8, 4) is 0 Å². The van der Waals surface area contributed by atoms with Gasteiger partial charge in [-0.1, -0.05) is 37.5 Å². The number of hydrogen-bond acceptors (Lipinski definition) is 1. The normalized spacial score (nSPS) is 19.9. The SMILES string of the molecule is C=CC[Si](C)(C)O[C@@H](C(=C)C)C1CCCCC1. The second-order valence-electron chi connectivity index (χ2n) is 6.04. The van der Waals surface area contributed by atoms with E-state index in [1.165, 1.54) is 37.7 Å². The molecule has 0 aromatic heterocycles. The molecule has 0 aromatic rings. The highest BCUT2D eigenvalue weighted by atomic mass is 28.4. The summed E-state index contributed by atoms with van der Waals surface area (Å²) in [6.45, 7) is 14.7. The molecule has 1 aliphatic carbocycles. The fraction of sp³-hybridized carbons (Fsp3) is 0.733. The number of hydrogen-bond donors (Lipinski definition) is 0.